The summed E-state index contributed by atoms with van der Waals surface area (Å²) in [5.41, 5.74) is 3.47. The molecular weight excluding hydrogens is 334 g/mol. The molecule has 2 N–H and O–H groups in total. The number of benzene rings is 1. The lowest BCUT2D eigenvalue weighted by atomic mass is 9.94. The summed E-state index contributed by atoms with van der Waals surface area (Å²) in [5.74, 6) is -2.14. The topological polar surface area (TPSA) is 95.7 Å². The van der Waals surface area contributed by atoms with Crippen LogP contribution in [0.2, 0.25) is 0 Å². The second-order valence-corrected chi connectivity index (χ2v) is 6.71. The van der Waals surface area contributed by atoms with E-state index in [9.17, 15) is 19.8 Å². The van der Waals surface area contributed by atoms with Crippen LogP contribution >= 0.6 is 0 Å². The van der Waals surface area contributed by atoms with Crippen molar-refractivity contribution in [1.29, 1.82) is 0 Å². The molecule has 1 aromatic heterocycles. The third kappa shape index (κ3) is 3.48. The predicted molar refractivity (Wildman–Crippen MR) is 95.1 cm³/mol. The second-order valence-electron chi connectivity index (χ2n) is 6.71. The summed E-state index contributed by atoms with van der Waals surface area (Å²) in [7, 11) is 0. The van der Waals surface area contributed by atoms with Crippen molar-refractivity contribution in [3.8, 4) is 5.69 Å². The van der Waals surface area contributed by atoms with Crippen LogP contribution in [0.4, 0.5) is 0 Å². The van der Waals surface area contributed by atoms with Gasteiger partial charge in [-0.05, 0) is 32.4 Å². The van der Waals surface area contributed by atoms with Crippen LogP contribution in [0.5, 0.6) is 0 Å². The molecule has 0 unspecified atom stereocenters. The first kappa shape index (κ1) is 18.1. The molecule has 1 aliphatic heterocycles. The first-order valence-corrected chi connectivity index (χ1v) is 8.67. The van der Waals surface area contributed by atoms with Crippen LogP contribution in [0.25, 0.3) is 5.69 Å². The van der Waals surface area contributed by atoms with Gasteiger partial charge in [0.05, 0.1) is 23.9 Å². The van der Waals surface area contributed by atoms with Crippen molar-refractivity contribution in [2.45, 2.75) is 32.8 Å². The summed E-state index contributed by atoms with van der Waals surface area (Å²) in [6.45, 7) is 4.21. The summed E-state index contributed by atoms with van der Waals surface area (Å²) >= 11 is 0. The number of amides is 1. The molecule has 1 aliphatic rings. The van der Waals surface area contributed by atoms with E-state index in [4.69, 9.17) is 0 Å². The minimum absolute atomic E-state index is 0.0419. The van der Waals surface area contributed by atoms with Crippen molar-refractivity contribution in [2.75, 3.05) is 13.1 Å². The maximum absolute atomic E-state index is 12.7. The van der Waals surface area contributed by atoms with Crippen molar-refractivity contribution in [1.82, 2.24) is 14.7 Å². The Morgan fingerprint density at radius 3 is 2.58 bits per heavy atom. The lowest BCUT2D eigenvalue weighted by Gasteiger charge is -2.34. The molecule has 26 heavy (non-hydrogen) atoms. The van der Waals surface area contributed by atoms with Crippen LogP contribution in [-0.4, -0.2) is 56.0 Å². The Bertz CT molecular complexity index is 816. The number of likely N-dealkylation sites (tertiary alicyclic amines) is 1. The predicted octanol–water partition coefficient (Wildman–Crippen LogP) is 1.33. The monoisotopic (exact) mass is 357 g/mol. The fourth-order valence-electron chi connectivity index (χ4n) is 3.42. The van der Waals surface area contributed by atoms with E-state index in [-0.39, 0.29) is 25.3 Å². The Morgan fingerprint density at radius 2 is 1.92 bits per heavy atom. The normalized spacial score (nSPS) is 20.2. The molecule has 3 rings (SSSR count). The molecular formula is C19H23N3O4. The summed E-state index contributed by atoms with van der Waals surface area (Å²) < 4.78 is 1.82. The van der Waals surface area contributed by atoms with E-state index < -0.39 is 18.0 Å². The summed E-state index contributed by atoms with van der Waals surface area (Å²) in [4.78, 5) is 25.5. The van der Waals surface area contributed by atoms with Crippen molar-refractivity contribution < 1.29 is 19.8 Å². The fraction of sp³-hybridized carbons (Fsp3) is 0.421. The average Bonchev–Trinajstić information content (AvgIpc) is 2.90. The number of aliphatic hydroxyl groups is 1. The first-order valence-electron chi connectivity index (χ1n) is 8.67. The molecule has 0 bridgehead atoms. The van der Waals surface area contributed by atoms with Crippen molar-refractivity contribution in [3.63, 3.8) is 0 Å². The third-order valence-electron chi connectivity index (χ3n) is 5.02. The van der Waals surface area contributed by atoms with Gasteiger partial charge in [0, 0.05) is 24.3 Å². The van der Waals surface area contributed by atoms with Crippen LogP contribution in [0.3, 0.4) is 0 Å². The molecule has 0 saturated carbocycles. The molecule has 7 nitrogen and oxygen atoms in total. The highest BCUT2D eigenvalue weighted by molar-refractivity contribution is 5.80. The van der Waals surface area contributed by atoms with Crippen LogP contribution in [-0.2, 0) is 16.0 Å². The van der Waals surface area contributed by atoms with Gasteiger partial charge >= 0.3 is 5.97 Å². The largest absolute Gasteiger partial charge is 0.481 e. The number of aliphatic carboxylic acids is 1. The maximum atomic E-state index is 12.7. The molecule has 1 saturated heterocycles. The number of carboxylic acids is 1. The number of carbonyl (C=O) groups is 2. The molecule has 0 aliphatic carbocycles. The smallest absolute Gasteiger partial charge is 0.310 e. The second kappa shape index (κ2) is 7.29. The number of hydrogen-bond acceptors (Lipinski definition) is 4. The molecule has 138 valence electrons. The maximum Gasteiger partial charge on any atom is 0.310 e. The van der Waals surface area contributed by atoms with E-state index in [0.717, 1.165) is 22.6 Å². The highest BCUT2D eigenvalue weighted by Gasteiger charge is 2.35. The van der Waals surface area contributed by atoms with Crippen LogP contribution in [0.15, 0.2) is 30.3 Å². The average molecular weight is 357 g/mol. The molecule has 2 atom stereocenters. The standard InChI is InChI=1S/C19H23N3O4/c1-12-15(13(2)22(20-12)14-6-4-3-5-7-14)10-18(24)21-9-8-17(23)16(11-21)19(25)26/h3-7,16-17,23H,8-11H2,1-2H3,(H,25,26)/t16-,17-/m1/s1. The van der Waals surface area contributed by atoms with E-state index in [1.54, 1.807) is 0 Å². The van der Waals surface area contributed by atoms with E-state index in [0.29, 0.717) is 6.54 Å². The van der Waals surface area contributed by atoms with Gasteiger partial charge < -0.3 is 15.1 Å². The van der Waals surface area contributed by atoms with Gasteiger partial charge in [-0.15, -0.1) is 0 Å². The number of nitrogens with zero attached hydrogens (tertiary/aromatic N) is 3. The number of carbonyl (C=O) groups excluding carboxylic acids is 1. The number of para-hydroxylation sites is 1. The highest BCUT2D eigenvalue weighted by atomic mass is 16.4. The summed E-state index contributed by atoms with van der Waals surface area (Å²) in [5, 5.41) is 23.6. The lowest BCUT2D eigenvalue weighted by Crippen LogP contribution is -2.49. The van der Waals surface area contributed by atoms with Crippen molar-refractivity contribution in [3.05, 3.63) is 47.3 Å². The lowest BCUT2D eigenvalue weighted by molar-refractivity contribution is -0.151. The summed E-state index contributed by atoms with van der Waals surface area (Å²) in [6.07, 6.45) is -0.447. The van der Waals surface area contributed by atoms with Crippen LogP contribution in [0.1, 0.15) is 23.4 Å². The van der Waals surface area contributed by atoms with E-state index in [1.165, 1.54) is 4.90 Å². The molecule has 7 heteroatoms. The van der Waals surface area contributed by atoms with Gasteiger partial charge in [-0.3, -0.25) is 9.59 Å². The van der Waals surface area contributed by atoms with Gasteiger partial charge in [0.25, 0.3) is 0 Å². The molecule has 1 amide bonds. The van der Waals surface area contributed by atoms with Gasteiger partial charge in [0.15, 0.2) is 0 Å². The Morgan fingerprint density at radius 1 is 1.23 bits per heavy atom. The molecule has 1 aromatic carbocycles. The molecule has 1 fully saturated rings. The number of hydrogen-bond donors (Lipinski definition) is 2. The minimum atomic E-state index is -1.07. The summed E-state index contributed by atoms with van der Waals surface area (Å²) in [6, 6.07) is 9.70. The zero-order valence-corrected chi connectivity index (χ0v) is 14.9. The SMILES string of the molecule is Cc1nn(-c2ccccc2)c(C)c1CC(=O)N1CC[C@@H](O)[C@H](C(=O)O)C1. The van der Waals surface area contributed by atoms with Gasteiger partial charge in [-0.2, -0.15) is 5.10 Å². The molecule has 2 heterocycles. The highest BCUT2D eigenvalue weighted by Crippen LogP contribution is 2.22. The zero-order chi connectivity index (χ0) is 18.8. The van der Waals surface area contributed by atoms with Crippen molar-refractivity contribution >= 4 is 11.9 Å². The van der Waals surface area contributed by atoms with Gasteiger partial charge in [0.2, 0.25) is 5.91 Å². The Hall–Kier alpha value is -2.67. The number of piperidine rings is 1. The minimum Gasteiger partial charge on any atom is -0.481 e. The van der Waals surface area contributed by atoms with Gasteiger partial charge in [-0.25, -0.2) is 4.68 Å². The van der Waals surface area contributed by atoms with Crippen LogP contribution < -0.4 is 0 Å². The Labute approximate surface area is 151 Å². The van der Waals surface area contributed by atoms with E-state index in [2.05, 4.69) is 5.10 Å². The van der Waals surface area contributed by atoms with Gasteiger partial charge in [-0.1, -0.05) is 18.2 Å². The fourth-order valence-corrected chi connectivity index (χ4v) is 3.42. The van der Waals surface area contributed by atoms with E-state index in [1.807, 2.05) is 48.9 Å². The molecule has 2 aromatic rings. The van der Waals surface area contributed by atoms with Crippen molar-refractivity contribution in [2.24, 2.45) is 5.92 Å². The number of rotatable bonds is 4. The Balaban J connectivity index is 1.78. The molecule has 0 radical (unpaired) electrons. The number of aliphatic hydroxyl groups excluding tert-OH is 1. The molecule has 0 spiro atoms. The quantitative estimate of drug-likeness (QED) is 0.861. The number of aryl methyl sites for hydroxylation is 1. The Kier molecular flexibility index (Phi) is 5.08. The van der Waals surface area contributed by atoms with Crippen LogP contribution in [0, 0.1) is 19.8 Å². The third-order valence-corrected chi connectivity index (χ3v) is 5.02. The number of aromatic nitrogens is 2. The van der Waals surface area contributed by atoms with E-state index >= 15 is 0 Å². The van der Waals surface area contributed by atoms with Gasteiger partial charge in [0.1, 0.15) is 5.92 Å². The number of carboxylic acid groups (broad SMARTS) is 1. The first-order chi connectivity index (χ1) is 12.4. The zero-order valence-electron chi connectivity index (χ0n) is 14.9.